The van der Waals surface area contributed by atoms with Crippen LogP contribution in [0.4, 0.5) is 13.2 Å². The fourth-order valence-corrected chi connectivity index (χ4v) is 3.44. The summed E-state index contributed by atoms with van der Waals surface area (Å²) < 4.78 is 69.5. The van der Waals surface area contributed by atoms with Crippen molar-refractivity contribution in [2.45, 2.75) is 51.0 Å². The van der Waals surface area contributed by atoms with Gasteiger partial charge in [0, 0.05) is 0 Å². The number of hydrogen-bond acceptors (Lipinski definition) is 5. The van der Waals surface area contributed by atoms with E-state index in [-0.39, 0.29) is 23.8 Å². The number of esters is 1. The standard InChI is InChI=1S/C16H19F3O5S/c1-4-23-15(20)11-6-5-9(2)12-8-14(10(3)7-13(11)12)24-25(21,22)16(17,18)19/h7-9,11H,4-6H2,1-3H3. The molecule has 0 saturated carbocycles. The Kier molecular flexibility index (Phi) is 5.36. The van der Waals surface area contributed by atoms with Crippen LogP contribution >= 0.6 is 0 Å². The third-order valence-electron chi connectivity index (χ3n) is 4.23. The Morgan fingerprint density at radius 1 is 1.24 bits per heavy atom. The number of ether oxygens (including phenoxy) is 1. The largest absolute Gasteiger partial charge is 0.534 e. The summed E-state index contributed by atoms with van der Waals surface area (Å²) in [4.78, 5) is 12.1. The van der Waals surface area contributed by atoms with E-state index >= 15 is 0 Å². The number of hydrogen-bond donors (Lipinski definition) is 0. The van der Waals surface area contributed by atoms with Crippen molar-refractivity contribution >= 4 is 16.1 Å². The van der Waals surface area contributed by atoms with Crippen LogP contribution < -0.4 is 4.18 Å². The van der Waals surface area contributed by atoms with E-state index in [2.05, 4.69) is 4.18 Å². The molecule has 0 radical (unpaired) electrons. The average Bonchev–Trinajstić information content (AvgIpc) is 2.48. The number of aryl methyl sites for hydroxylation is 1. The molecule has 2 unspecified atom stereocenters. The Hall–Kier alpha value is -1.77. The first kappa shape index (κ1) is 19.6. The van der Waals surface area contributed by atoms with E-state index in [4.69, 9.17) is 4.74 Å². The number of carbonyl (C=O) groups is 1. The van der Waals surface area contributed by atoms with Gasteiger partial charge in [0.15, 0.2) is 0 Å². The summed E-state index contributed by atoms with van der Waals surface area (Å²) in [7, 11) is -5.75. The zero-order valence-corrected chi connectivity index (χ0v) is 14.8. The van der Waals surface area contributed by atoms with E-state index in [9.17, 15) is 26.4 Å². The Labute approximate surface area is 144 Å². The molecule has 0 aliphatic heterocycles. The van der Waals surface area contributed by atoms with Gasteiger partial charge >= 0.3 is 21.6 Å². The number of fused-ring (bicyclic) bond motifs is 1. The first-order chi connectivity index (χ1) is 11.5. The van der Waals surface area contributed by atoms with Crippen molar-refractivity contribution in [2.24, 2.45) is 0 Å². The van der Waals surface area contributed by atoms with Gasteiger partial charge in [-0.1, -0.05) is 13.0 Å². The molecule has 0 saturated heterocycles. The molecule has 0 heterocycles. The molecule has 0 bridgehead atoms. The molecule has 0 aromatic heterocycles. The summed E-state index contributed by atoms with van der Waals surface area (Å²) >= 11 is 0. The van der Waals surface area contributed by atoms with Crippen molar-refractivity contribution in [2.75, 3.05) is 6.61 Å². The minimum Gasteiger partial charge on any atom is -0.466 e. The predicted octanol–water partition coefficient (Wildman–Crippen LogP) is 3.77. The molecule has 0 amide bonds. The molecule has 0 fully saturated rings. The molecular weight excluding hydrogens is 361 g/mol. The highest BCUT2D eigenvalue weighted by molar-refractivity contribution is 7.88. The van der Waals surface area contributed by atoms with Gasteiger partial charge in [0.2, 0.25) is 0 Å². The van der Waals surface area contributed by atoms with Crippen LogP contribution in [-0.4, -0.2) is 26.5 Å². The van der Waals surface area contributed by atoms with Crippen LogP contribution in [0, 0.1) is 6.92 Å². The normalized spacial score (nSPS) is 20.7. The monoisotopic (exact) mass is 380 g/mol. The molecule has 2 atom stereocenters. The number of rotatable bonds is 4. The van der Waals surface area contributed by atoms with Crippen molar-refractivity contribution in [1.29, 1.82) is 0 Å². The number of halogens is 3. The second-order valence-corrected chi connectivity index (χ2v) is 7.55. The number of alkyl halides is 3. The van der Waals surface area contributed by atoms with Gasteiger partial charge in [-0.25, -0.2) is 0 Å². The lowest BCUT2D eigenvalue weighted by Gasteiger charge is -2.29. The van der Waals surface area contributed by atoms with Crippen LogP contribution in [0.5, 0.6) is 5.75 Å². The Balaban J connectivity index is 2.46. The molecular formula is C16H19F3O5S. The molecule has 1 aromatic rings. The van der Waals surface area contributed by atoms with Crippen molar-refractivity contribution < 1.29 is 35.3 Å². The van der Waals surface area contributed by atoms with Crippen LogP contribution in [0.2, 0.25) is 0 Å². The van der Waals surface area contributed by atoms with Gasteiger partial charge in [-0.15, -0.1) is 0 Å². The maximum atomic E-state index is 12.5. The molecule has 1 aliphatic rings. The van der Waals surface area contributed by atoms with E-state index in [1.165, 1.54) is 19.1 Å². The van der Waals surface area contributed by atoms with E-state index in [0.29, 0.717) is 24.0 Å². The molecule has 0 spiro atoms. The topological polar surface area (TPSA) is 69.7 Å². The number of carbonyl (C=O) groups excluding carboxylic acids is 1. The molecule has 140 valence electrons. The lowest BCUT2D eigenvalue weighted by Crippen LogP contribution is -2.28. The summed E-state index contributed by atoms with van der Waals surface area (Å²) in [6.07, 6.45) is 1.19. The molecule has 5 nitrogen and oxygen atoms in total. The average molecular weight is 380 g/mol. The highest BCUT2D eigenvalue weighted by Gasteiger charge is 2.49. The Morgan fingerprint density at radius 2 is 1.88 bits per heavy atom. The summed E-state index contributed by atoms with van der Waals surface area (Å²) in [6, 6.07) is 2.79. The molecule has 1 aromatic carbocycles. The first-order valence-electron chi connectivity index (χ1n) is 7.79. The minimum atomic E-state index is -5.75. The van der Waals surface area contributed by atoms with Crippen LogP contribution in [0.15, 0.2) is 12.1 Å². The van der Waals surface area contributed by atoms with Gasteiger partial charge in [-0.3, -0.25) is 4.79 Å². The Morgan fingerprint density at radius 3 is 2.44 bits per heavy atom. The van der Waals surface area contributed by atoms with Gasteiger partial charge in [-0.2, -0.15) is 21.6 Å². The fourth-order valence-electron chi connectivity index (χ4n) is 2.93. The summed E-state index contributed by atoms with van der Waals surface area (Å²) in [5, 5.41) is 0. The van der Waals surface area contributed by atoms with Crippen LogP contribution in [0.1, 0.15) is 55.2 Å². The molecule has 0 N–H and O–H groups in total. The van der Waals surface area contributed by atoms with Gasteiger partial charge < -0.3 is 8.92 Å². The summed E-state index contributed by atoms with van der Waals surface area (Å²) in [5.41, 5.74) is -4.06. The van der Waals surface area contributed by atoms with Crippen molar-refractivity contribution in [3.8, 4) is 5.75 Å². The highest BCUT2D eigenvalue weighted by atomic mass is 32.2. The van der Waals surface area contributed by atoms with Crippen LogP contribution in [-0.2, 0) is 19.6 Å². The van der Waals surface area contributed by atoms with Crippen molar-refractivity contribution in [3.05, 3.63) is 28.8 Å². The Bertz CT molecular complexity index is 771. The quantitative estimate of drug-likeness (QED) is 0.452. The zero-order chi connectivity index (χ0) is 19.0. The van der Waals surface area contributed by atoms with Gasteiger partial charge in [0.1, 0.15) is 5.75 Å². The molecule has 25 heavy (non-hydrogen) atoms. The van der Waals surface area contributed by atoms with Crippen LogP contribution in [0.3, 0.4) is 0 Å². The van der Waals surface area contributed by atoms with Crippen molar-refractivity contribution in [1.82, 2.24) is 0 Å². The van der Waals surface area contributed by atoms with Gasteiger partial charge in [0.05, 0.1) is 12.5 Å². The van der Waals surface area contributed by atoms with E-state index in [0.717, 1.165) is 0 Å². The second kappa shape index (κ2) is 6.86. The summed E-state index contributed by atoms with van der Waals surface area (Å²) in [6.45, 7) is 5.21. The molecule has 2 rings (SSSR count). The van der Waals surface area contributed by atoms with E-state index < -0.39 is 27.5 Å². The molecule has 9 heteroatoms. The fraction of sp³-hybridized carbons (Fsp3) is 0.562. The predicted molar refractivity (Wildman–Crippen MR) is 83.8 cm³/mol. The molecule has 1 aliphatic carbocycles. The maximum Gasteiger partial charge on any atom is 0.534 e. The lowest BCUT2D eigenvalue weighted by molar-refractivity contribution is -0.145. The van der Waals surface area contributed by atoms with Gasteiger partial charge in [-0.05, 0) is 55.4 Å². The first-order valence-corrected chi connectivity index (χ1v) is 9.20. The smallest absolute Gasteiger partial charge is 0.466 e. The zero-order valence-electron chi connectivity index (χ0n) is 14.0. The van der Waals surface area contributed by atoms with Crippen molar-refractivity contribution in [3.63, 3.8) is 0 Å². The third-order valence-corrected chi connectivity index (χ3v) is 5.20. The third kappa shape index (κ3) is 3.91. The highest BCUT2D eigenvalue weighted by Crippen LogP contribution is 2.42. The second-order valence-electron chi connectivity index (χ2n) is 6.01. The maximum absolute atomic E-state index is 12.5. The number of benzene rings is 1. The SMILES string of the molecule is CCOC(=O)C1CCC(C)c2cc(OS(=O)(=O)C(F)(F)F)c(C)cc21. The minimum absolute atomic E-state index is 0.0442. The van der Waals surface area contributed by atoms with E-state index in [1.54, 1.807) is 6.92 Å². The summed E-state index contributed by atoms with van der Waals surface area (Å²) in [5.74, 6) is -1.34. The lowest BCUT2D eigenvalue weighted by atomic mass is 9.76. The van der Waals surface area contributed by atoms with Crippen LogP contribution in [0.25, 0.3) is 0 Å². The van der Waals surface area contributed by atoms with E-state index in [1.807, 2.05) is 6.92 Å². The van der Waals surface area contributed by atoms with Gasteiger partial charge in [0.25, 0.3) is 0 Å².